The summed E-state index contributed by atoms with van der Waals surface area (Å²) in [5.74, 6) is 5.93. The van der Waals surface area contributed by atoms with Gasteiger partial charge in [0.15, 0.2) is 10.6 Å². The van der Waals surface area contributed by atoms with Crippen molar-refractivity contribution in [3.8, 4) is 0 Å². The third kappa shape index (κ3) is 1.17. The van der Waals surface area contributed by atoms with Crippen LogP contribution in [0.25, 0.3) is 10.2 Å². The van der Waals surface area contributed by atoms with Crippen LogP contribution in [0.15, 0.2) is 16.2 Å². The number of nitrogens with one attached hydrogen (secondary N) is 1. The molecule has 4 nitrogen and oxygen atoms in total. The minimum atomic E-state index is 0.547. The van der Waals surface area contributed by atoms with Crippen LogP contribution in [0.4, 0.5) is 5.82 Å². The normalized spacial score (nSPS) is 10.5. The molecule has 2 aromatic heterocycles. The van der Waals surface area contributed by atoms with Crippen molar-refractivity contribution >= 4 is 43.3 Å². The summed E-state index contributed by atoms with van der Waals surface area (Å²) in [5.41, 5.74) is 2.52. The van der Waals surface area contributed by atoms with Gasteiger partial charge in [0, 0.05) is 0 Å². The molecule has 0 radical (unpaired) electrons. The predicted octanol–water partition coefficient (Wildman–Crippen LogP) is 1.74. The lowest BCUT2D eigenvalue weighted by Crippen LogP contribution is -2.09. The first kappa shape index (κ1) is 7.90. The van der Waals surface area contributed by atoms with Crippen LogP contribution in [0.2, 0.25) is 0 Å². The molecule has 6 heteroatoms. The first-order valence-electron chi connectivity index (χ1n) is 3.18. The lowest BCUT2D eigenvalue weighted by atomic mass is 10.4. The first-order chi connectivity index (χ1) is 5.81. The molecule has 0 aromatic carbocycles. The number of rotatable bonds is 1. The third-order valence-electron chi connectivity index (χ3n) is 1.43. The average Bonchev–Trinajstić information content (AvgIpc) is 2.50. The molecule has 2 aromatic rings. The van der Waals surface area contributed by atoms with Crippen LogP contribution in [0.1, 0.15) is 0 Å². The Bertz CT molecular complexity index is 413. The van der Waals surface area contributed by atoms with Gasteiger partial charge in [0.05, 0.1) is 5.39 Å². The van der Waals surface area contributed by atoms with E-state index >= 15 is 0 Å². The van der Waals surface area contributed by atoms with E-state index in [1.807, 2.05) is 11.4 Å². The van der Waals surface area contributed by atoms with Gasteiger partial charge in [0.2, 0.25) is 0 Å². The number of hydrogen-bond donors (Lipinski definition) is 2. The number of aromatic nitrogens is 2. The van der Waals surface area contributed by atoms with Crippen molar-refractivity contribution in [3.05, 3.63) is 16.2 Å². The van der Waals surface area contributed by atoms with Gasteiger partial charge in [-0.1, -0.05) is 0 Å². The number of fused-ring (bicyclic) bond motifs is 1. The molecule has 0 spiro atoms. The maximum Gasteiger partial charge on any atom is 0.199 e. The fourth-order valence-corrected chi connectivity index (χ4v) is 2.18. The minimum Gasteiger partial charge on any atom is -0.308 e. The molecule has 0 unspecified atom stereocenters. The molecule has 3 N–H and O–H groups in total. The zero-order chi connectivity index (χ0) is 8.55. The Labute approximate surface area is 80.9 Å². The van der Waals surface area contributed by atoms with Crippen LogP contribution in [0, 0.1) is 0 Å². The van der Waals surface area contributed by atoms with Gasteiger partial charge in [-0.15, -0.1) is 11.3 Å². The van der Waals surface area contributed by atoms with E-state index in [4.69, 9.17) is 5.84 Å². The van der Waals surface area contributed by atoms with Gasteiger partial charge in [-0.2, -0.15) is 0 Å². The highest BCUT2D eigenvalue weighted by Crippen LogP contribution is 2.25. The zero-order valence-electron chi connectivity index (χ0n) is 5.91. The average molecular weight is 245 g/mol. The number of thiophene rings is 1. The van der Waals surface area contributed by atoms with E-state index in [1.165, 1.54) is 0 Å². The molecule has 12 heavy (non-hydrogen) atoms. The summed E-state index contributed by atoms with van der Waals surface area (Å²) in [6.45, 7) is 0. The summed E-state index contributed by atoms with van der Waals surface area (Å²) in [6.07, 6.45) is 0. The fraction of sp³-hybridized carbons (Fsp3) is 0. The molecule has 0 fully saturated rings. The van der Waals surface area contributed by atoms with Gasteiger partial charge < -0.3 is 5.43 Å². The van der Waals surface area contributed by atoms with Crippen molar-refractivity contribution < 1.29 is 0 Å². The molecule has 0 atom stereocenters. The Balaban J connectivity index is 2.80. The van der Waals surface area contributed by atoms with E-state index < -0.39 is 0 Å². The second-order valence-corrected chi connectivity index (χ2v) is 3.73. The van der Waals surface area contributed by atoms with E-state index in [1.54, 1.807) is 11.3 Å². The molecule has 0 bridgehead atoms. The lowest BCUT2D eigenvalue weighted by molar-refractivity contribution is 1.14. The molecule has 0 aliphatic heterocycles. The van der Waals surface area contributed by atoms with Gasteiger partial charge in [-0.3, -0.25) is 0 Å². The monoisotopic (exact) mass is 244 g/mol. The first-order valence-corrected chi connectivity index (χ1v) is 4.86. The number of nitrogen functional groups attached to an aromatic ring is 1. The van der Waals surface area contributed by atoms with Crippen molar-refractivity contribution in [2.45, 2.75) is 0 Å². The maximum atomic E-state index is 5.29. The number of hydrogen-bond acceptors (Lipinski definition) is 5. The van der Waals surface area contributed by atoms with E-state index in [9.17, 15) is 0 Å². The summed E-state index contributed by atoms with van der Waals surface area (Å²) in [4.78, 5) is 9.16. The topological polar surface area (TPSA) is 63.8 Å². The van der Waals surface area contributed by atoms with Crippen LogP contribution in [-0.2, 0) is 0 Å². The van der Waals surface area contributed by atoms with E-state index in [0.29, 0.717) is 10.6 Å². The van der Waals surface area contributed by atoms with E-state index in [-0.39, 0.29) is 0 Å². The molecule has 0 saturated carbocycles. The van der Waals surface area contributed by atoms with Crippen molar-refractivity contribution in [2.24, 2.45) is 5.84 Å². The van der Waals surface area contributed by atoms with E-state index in [2.05, 4.69) is 31.3 Å². The minimum absolute atomic E-state index is 0.547. The molecule has 0 aliphatic rings. The highest BCUT2D eigenvalue weighted by molar-refractivity contribution is 9.10. The standard InChI is InChI=1S/C6H5BrN4S/c7-6-9-4(11-8)3-1-2-12-5(3)10-6/h1-2H,8H2,(H,9,10,11). The zero-order valence-corrected chi connectivity index (χ0v) is 8.32. The number of nitrogens with two attached hydrogens (primary N) is 1. The smallest absolute Gasteiger partial charge is 0.199 e. The third-order valence-corrected chi connectivity index (χ3v) is 2.60. The number of halogens is 1. The number of nitrogens with zero attached hydrogens (tertiary/aromatic N) is 2. The highest BCUT2D eigenvalue weighted by atomic mass is 79.9. The second-order valence-electron chi connectivity index (χ2n) is 2.13. The van der Waals surface area contributed by atoms with Gasteiger partial charge >= 0.3 is 0 Å². The molecule has 0 saturated heterocycles. The SMILES string of the molecule is NNc1nc(Br)nc2sccc12. The number of anilines is 1. The van der Waals surface area contributed by atoms with Crippen molar-refractivity contribution in [2.75, 3.05) is 5.43 Å². The van der Waals surface area contributed by atoms with Crippen LogP contribution in [-0.4, -0.2) is 9.97 Å². The van der Waals surface area contributed by atoms with Crippen LogP contribution in [0.5, 0.6) is 0 Å². The molecular weight excluding hydrogens is 240 g/mol. The molecule has 62 valence electrons. The molecule has 0 aliphatic carbocycles. The van der Waals surface area contributed by atoms with Gasteiger partial charge in [0.25, 0.3) is 0 Å². The van der Waals surface area contributed by atoms with Gasteiger partial charge in [-0.25, -0.2) is 15.8 Å². The van der Waals surface area contributed by atoms with Crippen LogP contribution in [0.3, 0.4) is 0 Å². The largest absolute Gasteiger partial charge is 0.308 e. The highest BCUT2D eigenvalue weighted by Gasteiger charge is 2.04. The van der Waals surface area contributed by atoms with E-state index in [0.717, 1.165) is 10.2 Å². The van der Waals surface area contributed by atoms with Crippen LogP contribution < -0.4 is 11.3 Å². The second kappa shape index (κ2) is 2.96. The summed E-state index contributed by atoms with van der Waals surface area (Å²) in [7, 11) is 0. The molecule has 2 rings (SSSR count). The molecule has 0 amide bonds. The predicted molar refractivity (Wildman–Crippen MR) is 52.9 cm³/mol. The Morgan fingerprint density at radius 1 is 1.50 bits per heavy atom. The summed E-state index contributed by atoms with van der Waals surface area (Å²) in [5, 5.41) is 2.90. The molecule has 2 heterocycles. The Hall–Kier alpha value is -0.720. The Kier molecular flexibility index (Phi) is 1.95. The van der Waals surface area contributed by atoms with Crippen molar-refractivity contribution in [1.29, 1.82) is 0 Å². The summed E-state index contributed by atoms with van der Waals surface area (Å²) >= 11 is 4.75. The molecular formula is C6H5BrN4S. The quantitative estimate of drug-likeness (QED) is 0.456. The summed E-state index contributed by atoms with van der Waals surface area (Å²) < 4.78 is 0.547. The Morgan fingerprint density at radius 2 is 2.33 bits per heavy atom. The lowest BCUT2D eigenvalue weighted by Gasteiger charge is -1.99. The van der Waals surface area contributed by atoms with Gasteiger partial charge in [0.1, 0.15) is 4.83 Å². The summed E-state index contributed by atoms with van der Waals surface area (Å²) in [6, 6.07) is 1.93. The Morgan fingerprint density at radius 3 is 3.08 bits per heavy atom. The van der Waals surface area contributed by atoms with Crippen molar-refractivity contribution in [1.82, 2.24) is 9.97 Å². The van der Waals surface area contributed by atoms with Crippen molar-refractivity contribution in [3.63, 3.8) is 0 Å². The van der Waals surface area contributed by atoms with Gasteiger partial charge in [-0.05, 0) is 27.4 Å². The van der Waals surface area contributed by atoms with Crippen LogP contribution >= 0.6 is 27.3 Å². The maximum absolute atomic E-state index is 5.29. The number of hydrazine groups is 1. The fourth-order valence-electron chi connectivity index (χ4n) is 0.939.